The second kappa shape index (κ2) is 8.54. The number of nitrogens with zero attached hydrogens (tertiary/aromatic N) is 3. The number of aryl methyl sites for hydroxylation is 1. The number of hydrogen-bond donors (Lipinski definition) is 1. The van der Waals surface area contributed by atoms with Crippen LogP contribution >= 0.6 is 11.3 Å². The van der Waals surface area contributed by atoms with E-state index in [2.05, 4.69) is 58.5 Å². The summed E-state index contributed by atoms with van der Waals surface area (Å²) in [6.07, 6.45) is 4.16. The Kier molecular flexibility index (Phi) is 6.40. The Morgan fingerprint density at radius 3 is 2.41 bits per heavy atom. The van der Waals surface area contributed by atoms with Crippen molar-refractivity contribution in [1.82, 2.24) is 4.98 Å². The van der Waals surface area contributed by atoms with Gasteiger partial charge in [0.25, 0.3) is 0 Å². The summed E-state index contributed by atoms with van der Waals surface area (Å²) >= 11 is 1.56. The van der Waals surface area contributed by atoms with Crippen LogP contribution in [0.2, 0.25) is 0 Å². The number of thiazole rings is 1. The van der Waals surface area contributed by atoms with E-state index in [9.17, 15) is 0 Å². The Labute approximate surface area is 136 Å². The molecule has 0 saturated carbocycles. The fourth-order valence-corrected chi connectivity index (χ4v) is 2.89. The lowest BCUT2D eigenvalue weighted by Crippen LogP contribution is -2.24. The third-order valence-electron chi connectivity index (χ3n) is 3.24. The van der Waals surface area contributed by atoms with E-state index in [0.29, 0.717) is 0 Å². The van der Waals surface area contributed by atoms with Crippen molar-refractivity contribution in [2.75, 3.05) is 23.4 Å². The molecule has 0 aliphatic carbocycles. The molecule has 0 aliphatic rings. The minimum atomic E-state index is 0.822. The first-order valence-corrected chi connectivity index (χ1v) is 8.67. The monoisotopic (exact) mass is 316 g/mol. The average molecular weight is 316 g/mol. The second-order valence-electron chi connectivity index (χ2n) is 5.24. The Bertz CT molecular complexity index is 583. The number of nitrogens with one attached hydrogen (secondary N) is 1. The highest BCUT2D eigenvalue weighted by molar-refractivity contribution is 7.13. The number of aromatic nitrogens is 1. The molecule has 2 aromatic rings. The van der Waals surface area contributed by atoms with Crippen LogP contribution in [0.25, 0.3) is 0 Å². The van der Waals surface area contributed by atoms with E-state index in [-0.39, 0.29) is 0 Å². The zero-order valence-electron chi connectivity index (χ0n) is 13.5. The third-order valence-corrected chi connectivity index (χ3v) is 4.10. The number of benzene rings is 1. The van der Waals surface area contributed by atoms with Gasteiger partial charge in [-0.15, -0.1) is 11.3 Å². The molecule has 1 aromatic carbocycles. The maximum absolute atomic E-state index is 4.31. The Morgan fingerprint density at radius 2 is 1.86 bits per heavy atom. The highest BCUT2D eigenvalue weighted by Crippen LogP contribution is 2.16. The summed E-state index contributed by atoms with van der Waals surface area (Å²) in [4.78, 5) is 6.74. The molecule has 1 N–H and O–H groups in total. The first kappa shape index (κ1) is 16.5. The lowest BCUT2D eigenvalue weighted by Gasteiger charge is -2.23. The van der Waals surface area contributed by atoms with E-state index in [1.807, 2.05) is 18.5 Å². The molecule has 1 aromatic heterocycles. The summed E-state index contributed by atoms with van der Waals surface area (Å²) in [6.45, 7) is 8.62. The van der Waals surface area contributed by atoms with Gasteiger partial charge in [0.05, 0.1) is 11.9 Å². The Hall–Kier alpha value is -1.88. The topological polar surface area (TPSA) is 40.5 Å². The van der Waals surface area contributed by atoms with Crippen LogP contribution < -0.4 is 10.3 Å². The molecule has 0 fully saturated rings. The van der Waals surface area contributed by atoms with Crippen LogP contribution in [0.4, 0.5) is 10.8 Å². The number of anilines is 2. The first-order valence-electron chi connectivity index (χ1n) is 7.79. The van der Waals surface area contributed by atoms with Crippen molar-refractivity contribution in [2.24, 2.45) is 5.10 Å². The van der Waals surface area contributed by atoms with Gasteiger partial charge < -0.3 is 4.90 Å². The van der Waals surface area contributed by atoms with Gasteiger partial charge >= 0.3 is 0 Å². The molecular formula is C17H24N4S. The molecule has 0 aliphatic heterocycles. The minimum Gasteiger partial charge on any atom is -0.372 e. The van der Waals surface area contributed by atoms with Gasteiger partial charge in [-0.3, -0.25) is 5.43 Å². The molecule has 22 heavy (non-hydrogen) atoms. The minimum absolute atomic E-state index is 0.822. The van der Waals surface area contributed by atoms with Crippen LogP contribution in [-0.2, 0) is 0 Å². The van der Waals surface area contributed by atoms with E-state index < -0.39 is 0 Å². The molecule has 0 saturated heterocycles. The molecule has 0 amide bonds. The molecule has 1 heterocycles. The van der Waals surface area contributed by atoms with Crippen LogP contribution in [0.5, 0.6) is 0 Å². The summed E-state index contributed by atoms with van der Waals surface area (Å²) in [5, 5.41) is 7.06. The van der Waals surface area contributed by atoms with E-state index >= 15 is 0 Å². The van der Waals surface area contributed by atoms with Crippen LogP contribution in [-0.4, -0.2) is 24.3 Å². The van der Waals surface area contributed by atoms with Gasteiger partial charge in [-0.2, -0.15) is 5.10 Å². The molecule has 0 spiro atoms. The van der Waals surface area contributed by atoms with Crippen LogP contribution in [0, 0.1) is 6.92 Å². The molecule has 0 radical (unpaired) electrons. The maximum atomic E-state index is 4.31. The Morgan fingerprint density at radius 1 is 1.18 bits per heavy atom. The molecule has 0 atom stereocenters. The molecule has 2 rings (SSSR count). The van der Waals surface area contributed by atoms with Crippen LogP contribution in [0.1, 0.15) is 37.9 Å². The second-order valence-corrected chi connectivity index (χ2v) is 6.10. The highest BCUT2D eigenvalue weighted by Gasteiger charge is 2.03. The normalized spacial score (nSPS) is 11.0. The average Bonchev–Trinajstić information content (AvgIpc) is 2.93. The largest absolute Gasteiger partial charge is 0.372 e. The van der Waals surface area contributed by atoms with Gasteiger partial charge in [0.15, 0.2) is 0 Å². The lowest BCUT2D eigenvalue weighted by atomic mass is 10.2. The summed E-state index contributed by atoms with van der Waals surface area (Å²) in [6, 6.07) is 8.54. The summed E-state index contributed by atoms with van der Waals surface area (Å²) in [5.74, 6) is 0. The third kappa shape index (κ3) is 4.84. The van der Waals surface area contributed by atoms with Crippen molar-refractivity contribution in [1.29, 1.82) is 0 Å². The van der Waals surface area contributed by atoms with Crippen molar-refractivity contribution in [3.63, 3.8) is 0 Å². The van der Waals surface area contributed by atoms with Gasteiger partial charge in [0, 0.05) is 24.2 Å². The molecule has 0 bridgehead atoms. The zero-order valence-corrected chi connectivity index (χ0v) is 14.4. The lowest BCUT2D eigenvalue weighted by molar-refractivity contribution is 0.745. The highest BCUT2D eigenvalue weighted by atomic mass is 32.1. The number of hydrazone groups is 1. The standard InChI is InChI=1S/C17H24N4S/c1-4-10-21(11-5-2)16-8-6-15(7-9-16)12-18-20-17-19-14(3)13-22-17/h6-9,12-13H,4-5,10-11H2,1-3H3,(H,19,20). The Balaban J connectivity index is 1.95. The molecular weight excluding hydrogens is 292 g/mol. The predicted octanol–water partition coefficient (Wildman–Crippen LogP) is 4.52. The quantitative estimate of drug-likeness (QED) is 0.575. The maximum Gasteiger partial charge on any atom is 0.203 e. The van der Waals surface area contributed by atoms with E-state index in [1.54, 1.807) is 11.3 Å². The number of hydrogen-bond acceptors (Lipinski definition) is 5. The first-order chi connectivity index (χ1) is 10.7. The predicted molar refractivity (Wildman–Crippen MR) is 97.3 cm³/mol. The zero-order chi connectivity index (χ0) is 15.8. The van der Waals surface area contributed by atoms with Gasteiger partial charge in [0.2, 0.25) is 5.13 Å². The fourth-order valence-electron chi connectivity index (χ4n) is 2.25. The van der Waals surface area contributed by atoms with Crippen LogP contribution in [0.3, 0.4) is 0 Å². The van der Waals surface area contributed by atoms with E-state index in [4.69, 9.17) is 0 Å². The molecule has 5 heteroatoms. The molecule has 0 unspecified atom stereocenters. The number of rotatable bonds is 8. The SMILES string of the molecule is CCCN(CCC)c1ccc(C=NNc2nc(C)cs2)cc1. The van der Waals surface area contributed by atoms with Crippen molar-refractivity contribution >= 4 is 28.4 Å². The van der Waals surface area contributed by atoms with Gasteiger partial charge in [0.1, 0.15) is 0 Å². The van der Waals surface area contributed by atoms with Gasteiger partial charge in [-0.05, 0) is 37.5 Å². The van der Waals surface area contributed by atoms with Crippen molar-refractivity contribution < 1.29 is 0 Å². The molecule has 4 nitrogen and oxygen atoms in total. The van der Waals surface area contributed by atoms with Crippen molar-refractivity contribution in [3.8, 4) is 0 Å². The van der Waals surface area contributed by atoms with Crippen molar-refractivity contribution in [2.45, 2.75) is 33.6 Å². The summed E-state index contributed by atoms with van der Waals surface area (Å²) < 4.78 is 0. The van der Waals surface area contributed by atoms with E-state index in [0.717, 1.165) is 29.5 Å². The van der Waals surface area contributed by atoms with Crippen molar-refractivity contribution in [3.05, 3.63) is 40.9 Å². The smallest absolute Gasteiger partial charge is 0.203 e. The van der Waals surface area contributed by atoms with Gasteiger partial charge in [-0.1, -0.05) is 26.0 Å². The van der Waals surface area contributed by atoms with Crippen LogP contribution in [0.15, 0.2) is 34.7 Å². The molecule has 118 valence electrons. The summed E-state index contributed by atoms with van der Waals surface area (Å²) in [5.41, 5.74) is 6.33. The van der Waals surface area contributed by atoms with Gasteiger partial charge in [-0.25, -0.2) is 4.98 Å². The fraction of sp³-hybridized carbons (Fsp3) is 0.412. The summed E-state index contributed by atoms with van der Waals surface area (Å²) in [7, 11) is 0. The van der Waals surface area contributed by atoms with E-state index in [1.165, 1.54) is 18.5 Å².